The van der Waals surface area contributed by atoms with E-state index in [1.807, 2.05) is 0 Å². The molecule has 3 nitrogen and oxygen atoms in total. The largest absolute Gasteiger partial charge is 0.456 e. The molecule has 1 aliphatic heterocycles. The molecule has 0 spiro atoms. The molecule has 6 heteroatoms. The summed E-state index contributed by atoms with van der Waals surface area (Å²) in [7, 11) is -3.48. The second kappa shape index (κ2) is 5.18. The van der Waals surface area contributed by atoms with Crippen molar-refractivity contribution in [2.24, 2.45) is 0 Å². The van der Waals surface area contributed by atoms with Gasteiger partial charge in [-0.3, -0.25) is 0 Å². The molecule has 0 unspecified atom stereocenters. The van der Waals surface area contributed by atoms with E-state index in [0.29, 0.717) is 22.5 Å². The van der Waals surface area contributed by atoms with Gasteiger partial charge in [-0.15, -0.1) is 0 Å². The molecule has 24 heavy (non-hydrogen) atoms. The Morgan fingerprint density at radius 2 is 1.29 bits per heavy atom. The Labute approximate surface area is 137 Å². The third kappa shape index (κ3) is 2.13. The van der Waals surface area contributed by atoms with Crippen molar-refractivity contribution in [2.75, 3.05) is 5.73 Å². The van der Waals surface area contributed by atoms with E-state index < -0.39 is 18.8 Å². The predicted molar refractivity (Wildman–Crippen MR) is 90.2 cm³/mol. The first kappa shape index (κ1) is 14.9. The minimum absolute atomic E-state index is 0.213. The predicted octanol–water partition coefficient (Wildman–Crippen LogP) is 3.29. The van der Waals surface area contributed by atoms with Crippen LogP contribution in [0.25, 0.3) is 0 Å². The van der Waals surface area contributed by atoms with E-state index in [4.69, 9.17) is 10.5 Å². The average molecular weight is 343 g/mol. The highest BCUT2D eigenvalue weighted by Gasteiger charge is 2.39. The lowest BCUT2D eigenvalue weighted by molar-refractivity contribution is 0.481. The Bertz CT molecular complexity index is 947. The minimum Gasteiger partial charge on any atom is -0.456 e. The number of halogens is 2. The molecule has 3 aromatic carbocycles. The maximum absolute atomic E-state index is 14.0. The number of ether oxygens (including phenoxy) is 1. The van der Waals surface area contributed by atoms with Crippen molar-refractivity contribution in [3.8, 4) is 11.5 Å². The Morgan fingerprint density at radius 3 is 1.79 bits per heavy atom. The molecule has 1 heterocycles. The van der Waals surface area contributed by atoms with Gasteiger partial charge in [-0.2, -0.15) is 0 Å². The van der Waals surface area contributed by atoms with Gasteiger partial charge in [0.25, 0.3) is 0 Å². The third-order valence-corrected chi connectivity index (χ3v) is 7.08. The minimum atomic E-state index is -3.48. The van der Waals surface area contributed by atoms with E-state index in [1.165, 1.54) is 36.4 Å². The normalized spacial score (nSPS) is 14.4. The summed E-state index contributed by atoms with van der Waals surface area (Å²) in [6.45, 7) is 0. The summed E-state index contributed by atoms with van der Waals surface area (Å²) < 4.78 is 47.3. The number of nitrogens with two attached hydrogens (primary N) is 1. The number of anilines is 1. The highest BCUT2D eigenvalue weighted by molar-refractivity contribution is 7.85. The molecule has 0 aliphatic carbocycles. The van der Waals surface area contributed by atoms with Crippen molar-refractivity contribution in [3.63, 3.8) is 0 Å². The molecule has 2 N–H and O–H groups in total. The van der Waals surface area contributed by atoms with Gasteiger partial charge in [0.2, 0.25) is 0 Å². The number of nitrogen functional groups attached to an aromatic ring is 1. The zero-order valence-corrected chi connectivity index (χ0v) is 13.3. The summed E-state index contributed by atoms with van der Waals surface area (Å²) in [6.07, 6.45) is 0. The number of hydrogen-bond donors (Lipinski definition) is 1. The van der Waals surface area contributed by atoms with Crippen molar-refractivity contribution in [2.45, 2.75) is 0 Å². The molecular formula is C18H12F2NO2P. The van der Waals surface area contributed by atoms with Crippen LogP contribution in [0.5, 0.6) is 11.5 Å². The van der Waals surface area contributed by atoms with Crippen LogP contribution in [-0.4, -0.2) is 0 Å². The number of hydrogen-bond acceptors (Lipinski definition) is 3. The molecule has 0 fully saturated rings. The van der Waals surface area contributed by atoms with Gasteiger partial charge in [0.1, 0.15) is 23.1 Å². The van der Waals surface area contributed by atoms with Gasteiger partial charge >= 0.3 is 0 Å². The molecule has 0 atom stereocenters. The maximum atomic E-state index is 14.0. The lowest BCUT2D eigenvalue weighted by Gasteiger charge is -2.29. The van der Waals surface area contributed by atoms with Crippen molar-refractivity contribution < 1.29 is 18.1 Å². The van der Waals surface area contributed by atoms with Crippen LogP contribution in [0.1, 0.15) is 0 Å². The van der Waals surface area contributed by atoms with Gasteiger partial charge in [0.15, 0.2) is 7.14 Å². The zero-order chi connectivity index (χ0) is 16.9. The van der Waals surface area contributed by atoms with Crippen LogP contribution in [0.15, 0.2) is 60.7 Å². The fraction of sp³-hybridized carbons (Fsp3) is 0. The molecule has 0 aromatic heterocycles. The van der Waals surface area contributed by atoms with Crippen LogP contribution >= 0.6 is 7.14 Å². The zero-order valence-electron chi connectivity index (χ0n) is 12.4. The molecule has 0 saturated heterocycles. The Morgan fingerprint density at radius 1 is 0.792 bits per heavy atom. The third-order valence-electron chi connectivity index (χ3n) is 4.00. The van der Waals surface area contributed by atoms with Crippen molar-refractivity contribution in [3.05, 3.63) is 72.3 Å². The standard InChI is InChI=1S/C18H12F2NO2P/c19-11-1-7-15-17(9-11)24(22,14-5-3-13(21)4-6-14)18-10-12(20)2-8-16(18)23-15/h1-10H,21H2. The number of rotatable bonds is 1. The number of benzene rings is 3. The molecule has 0 radical (unpaired) electrons. The molecule has 1 aliphatic rings. The Balaban J connectivity index is 2.08. The first-order valence-corrected chi connectivity index (χ1v) is 8.93. The van der Waals surface area contributed by atoms with Crippen LogP contribution in [0.3, 0.4) is 0 Å². The first-order valence-electron chi connectivity index (χ1n) is 7.23. The fourth-order valence-corrected chi connectivity index (χ4v) is 5.71. The second-order valence-electron chi connectivity index (χ2n) is 5.53. The fourth-order valence-electron chi connectivity index (χ4n) is 2.86. The number of fused-ring (bicyclic) bond motifs is 2. The molecule has 3 aromatic rings. The lowest BCUT2D eigenvalue weighted by Crippen LogP contribution is -2.31. The van der Waals surface area contributed by atoms with E-state index in [-0.39, 0.29) is 10.6 Å². The van der Waals surface area contributed by atoms with E-state index in [0.717, 1.165) is 0 Å². The Kier molecular flexibility index (Phi) is 3.22. The van der Waals surface area contributed by atoms with Gasteiger partial charge in [-0.25, -0.2) is 8.78 Å². The molecular weight excluding hydrogens is 331 g/mol. The quantitative estimate of drug-likeness (QED) is 0.426. The van der Waals surface area contributed by atoms with Gasteiger partial charge < -0.3 is 15.0 Å². The summed E-state index contributed by atoms with van der Waals surface area (Å²) >= 11 is 0. The van der Waals surface area contributed by atoms with Gasteiger partial charge in [-0.1, -0.05) is 0 Å². The highest BCUT2D eigenvalue weighted by atomic mass is 31.2. The lowest BCUT2D eigenvalue weighted by atomic mass is 10.3. The topological polar surface area (TPSA) is 52.3 Å². The molecule has 4 rings (SSSR count). The van der Waals surface area contributed by atoms with Crippen LogP contribution in [0.2, 0.25) is 0 Å². The van der Waals surface area contributed by atoms with E-state index >= 15 is 0 Å². The highest BCUT2D eigenvalue weighted by Crippen LogP contribution is 2.51. The average Bonchev–Trinajstić information content (AvgIpc) is 2.57. The van der Waals surface area contributed by atoms with Crippen molar-refractivity contribution in [1.82, 2.24) is 0 Å². The van der Waals surface area contributed by atoms with Gasteiger partial charge in [-0.05, 0) is 60.7 Å². The summed E-state index contributed by atoms with van der Waals surface area (Å²) in [6, 6.07) is 14.2. The van der Waals surface area contributed by atoms with Crippen LogP contribution in [0, 0.1) is 11.6 Å². The van der Waals surface area contributed by atoms with Crippen LogP contribution in [0.4, 0.5) is 14.5 Å². The molecule has 0 bridgehead atoms. The van der Waals surface area contributed by atoms with Crippen molar-refractivity contribution in [1.29, 1.82) is 0 Å². The summed E-state index contributed by atoms with van der Waals surface area (Å²) in [4.78, 5) is 0. The first-order chi connectivity index (χ1) is 11.5. The Hall–Kier alpha value is -2.65. The van der Waals surface area contributed by atoms with E-state index in [2.05, 4.69) is 0 Å². The SMILES string of the molecule is Nc1ccc(P2(=O)c3cc(F)ccc3Oc3ccc(F)cc32)cc1. The molecule has 0 saturated carbocycles. The summed E-state index contributed by atoms with van der Waals surface area (Å²) in [5.74, 6) is -0.466. The second-order valence-corrected chi connectivity index (χ2v) is 8.23. The van der Waals surface area contributed by atoms with Gasteiger partial charge in [0.05, 0.1) is 10.6 Å². The van der Waals surface area contributed by atoms with E-state index in [9.17, 15) is 13.3 Å². The summed E-state index contributed by atoms with van der Waals surface area (Å²) in [5.41, 5.74) is 6.21. The maximum Gasteiger partial charge on any atom is 0.178 e. The van der Waals surface area contributed by atoms with Crippen LogP contribution < -0.4 is 26.4 Å². The smallest absolute Gasteiger partial charge is 0.178 e. The van der Waals surface area contributed by atoms with E-state index in [1.54, 1.807) is 24.3 Å². The van der Waals surface area contributed by atoms with Crippen LogP contribution in [-0.2, 0) is 4.57 Å². The summed E-state index contributed by atoms with van der Waals surface area (Å²) in [5, 5.41) is 0.870. The van der Waals surface area contributed by atoms with Gasteiger partial charge in [0, 0.05) is 11.0 Å². The monoisotopic (exact) mass is 343 g/mol. The van der Waals surface area contributed by atoms with Crippen molar-refractivity contribution >= 4 is 28.7 Å². The molecule has 0 amide bonds. The molecule has 120 valence electrons.